The molecule has 1 aliphatic carbocycles. The van der Waals surface area contributed by atoms with Gasteiger partial charge in [0.2, 0.25) is 0 Å². The number of rotatable bonds is 3. The second kappa shape index (κ2) is 4.28. The van der Waals surface area contributed by atoms with E-state index in [4.69, 9.17) is 11.6 Å². The number of nitrogens with zero attached hydrogens (tertiary/aromatic N) is 2. The maximum absolute atomic E-state index is 5.55. The van der Waals surface area contributed by atoms with Gasteiger partial charge in [0, 0.05) is 0 Å². The van der Waals surface area contributed by atoms with Crippen LogP contribution in [0, 0.1) is 11.8 Å². The monoisotopic (exact) mass is 156 g/mol. The molecule has 2 atom stereocenters. The number of nitrogens with two attached hydrogens (primary N) is 2. The minimum absolute atomic E-state index is 0.677. The van der Waals surface area contributed by atoms with E-state index in [0.717, 1.165) is 13.1 Å². The maximum Gasteiger partial charge on any atom is 0.0648 e. The lowest BCUT2D eigenvalue weighted by Crippen LogP contribution is -2.11. The Morgan fingerprint density at radius 2 is 2.00 bits per heavy atom. The molecule has 0 aromatic heterocycles. The van der Waals surface area contributed by atoms with Crippen molar-refractivity contribution in [3.8, 4) is 0 Å². The molecule has 11 heavy (non-hydrogen) atoms. The standard InChI is InChI=1S/C7H16N4/c8-4-6-1-2-7(3-6)5-10-11-9/h6-7H,1-5,8H2,(H2,9,10)/t6?,7-/m1/s1. The lowest BCUT2D eigenvalue weighted by molar-refractivity contribution is 0.498. The molecule has 0 heterocycles. The Labute approximate surface area is 67.0 Å². The molecule has 1 aliphatic rings. The van der Waals surface area contributed by atoms with Crippen molar-refractivity contribution in [1.82, 2.24) is 0 Å². The average molecular weight is 156 g/mol. The summed E-state index contributed by atoms with van der Waals surface area (Å²) in [4.78, 5) is 0. The summed E-state index contributed by atoms with van der Waals surface area (Å²) in [5, 5.41) is 7.03. The maximum atomic E-state index is 5.55. The second-order valence-electron chi connectivity index (χ2n) is 3.22. The van der Waals surface area contributed by atoms with E-state index in [2.05, 4.69) is 10.3 Å². The highest BCUT2D eigenvalue weighted by Gasteiger charge is 2.22. The largest absolute Gasteiger partial charge is 0.330 e. The van der Waals surface area contributed by atoms with Crippen molar-refractivity contribution in [3.05, 3.63) is 0 Å². The number of hydrogen-bond acceptors (Lipinski definition) is 3. The zero-order chi connectivity index (χ0) is 8.10. The normalized spacial score (nSPS) is 31.7. The molecule has 4 nitrogen and oxygen atoms in total. The Morgan fingerprint density at radius 1 is 1.27 bits per heavy atom. The third-order valence-electron chi connectivity index (χ3n) is 2.40. The van der Waals surface area contributed by atoms with Crippen LogP contribution in [0.25, 0.3) is 0 Å². The quantitative estimate of drug-likeness (QED) is 0.358. The van der Waals surface area contributed by atoms with Crippen LogP contribution in [0.2, 0.25) is 0 Å². The first-order chi connectivity index (χ1) is 5.36. The highest BCUT2D eigenvalue weighted by atomic mass is 15.3. The zero-order valence-corrected chi connectivity index (χ0v) is 6.74. The van der Waals surface area contributed by atoms with Gasteiger partial charge in [-0.2, -0.15) is 5.11 Å². The van der Waals surface area contributed by atoms with Crippen LogP contribution in [0.5, 0.6) is 0 Å². The van der Waals surface area contributed by atoms with Crippen LogP contribution in [0.15, 0.2) is 10.3 Å². The van der Waals surface area contributed by atoms with Crippen molar-refractivity contribution in [1.29, 1.82) is 0 Å². The van der Waals surface area contributed by atoms with Crippen molar-refractivity contribution in [2.45, 2.75) is 19.3 Å². The van der Waals surface area contributed by atoms with Crippen LogP contribution < -0.4 is 11.6 Å². The molecule has 0 aromatic carbocycles. The van der Waals surface area contributed by atoms with Gasteiger partial charge in [-0.25, -0.2) is 0 Å². The predicted molar refractivity (Wildman–Crippen MR) is 43.8 cm³/mol. The molecule has 4 N–H and O–H groups in total. The average Bonchev–Trinajstić information content (AvgIpc) is 2.48. The van der Waals surface area contributed by atoms with Crippen molar-refractivity contribution in [3.63, 3.8) is 0 Å². The first kappa shape index (κ1) is 8.46. The molecule has 0 radical (unpaired) electrons. The summed E-state index contributed by atoms with van der Waals surface area (Å²) >= 11 is 0. The smallest absolute Gasteiger partial charge is 0.0648 e. The fraction of sp³-hybridized carbons (Fsp3) is 1.00. The van der Waals surface area contributed by atoms with Crippen LogP contribution in [-0.2, 0) is 0 Å². The van der Waals surface area contributed by atoms with Crippen molar-refractivity contribution >= 4 is 0 Å². The van der Waals surface area contributed by atoms with E-state index in [1.807, 2.05) is 0 Å². The molecule has 64 valence electrons. The summed E-state index contributed by atoms with van der Waals surface area (Å²) in [5.41, 5.74) is 5.55. The SMILES string of the molecule is NCC1CC[C@@H](CN=NN)C1. The number of hydrogen-bond donors (Lipinski definition) is 2. The minimum Gasteiger partial charge on any atom is -0.330 e. The van der Waals surface area contributed by atoms with Gasteiger partial charge in [-0.1, -0.05) is 5.22 Å². The van der Waals surface area contributed by atoms with E-state index in [1.165, 1.54) is 19.3 Å². The highest BCUT2D eigenvalue weighted by Crippen LogP contribution is 2.29. The van der Waals surface area contributed by atoms with Gasteiger partial charge in [-0.05, 0) is 37.6 Å². The Hall–Kier alpha value is -0.640. The van der Waals surface area contributed by atoms with Crippen molar-refractivity contribution in [2.75, 3.05) is 13.1 Å². The van der Waals surface area contributed by atoms with Gasteiger partial charge in [-0.3, -0.25) is 0 Å². The molecular formula is C7H16N4. The Bertz CT molecular complexity index is 134. The van der Waals surface area contributed by atoms with Crippen LogP contribution >= 0.6 is 0 Å². The van der Waals surface area contributed by atoms with Gasteiger partial charge in [-0.15, -0.1) is 0 Å². The molecule has 0 spiro atoms. The van der Waals surface area contributed by atoms with Crippen LogP contribution in [-0.4, -0.2) is 13.1 Å². The Morgan fingerprint density at radius 3 is 2.55 bits per heavy atom. The van der Waals surface area contributed by atoms with Crippen LogP contribution in [0.4, 0.5) is 0 Å². The molecule has 1 unspecified atom stereocenters. The lowest BCUT2D eigenvalue weighted by atomic mass is 10.1. The first-order valence-electron chi connectivity index (χ1n) is 4.13. The molecular weight excluding hydrogens is 140 g/mol. The molecule has 0 amide bonds. The van der Waals surface area contributed by atoms with Crippen LogP contribution in [0.3, 0.4) is 0 Å². The molecule has 0 aromatic rings. The van der Waals surface area contributed by atoms with E-state index >= 15 is 0 Å². The molecule has 0 aliphatic heterocycles. The molecule has 4 heteroatoms. The van der Waals surface area contributed by atoms with E-state index < -0.39 is 0 Å². The summed E-state index contributed by atoms with van der Waals surface area (Å²) < 4.78 is 0. The minimum atomic E-state index is 0.677. The van der Waals surface area contributed by atoms with E-state index in [-0.39, 0.29) is 0 Å². The summed E-state index contributed by atoms with van der Waals surface area (Å²) in [5.74, 6) is 6.30. The molecule has 0 saturated heterocycles. The topological polar surface area (TPSA) is 76.8 Å². The highest BCUT2D eigenvalue weighted by molar-refractivity contribution is 4.76. The third-order valence-corrected chi connectivity index (χ3v) is 2.40. The van der Waals surface area contributed by atoms with E-state index in [0.29, 0.717) is 11.8 Å². The summed E-state index contributed by atoms with van der Waals surface area (Å²) in [7, 11) is 0. The second-order valence-corrected chi connectivity index (χ2v) is 3.22. The third kappa shape index (κ3) is 2.46. The molecule has 1 fully saturated rings. The van der Waals surface area contributed by atoms with Gasteiger partial charge in [0.25, 0.3) is 0 Å². The first-order valence-corrected chi connectivity index (χ1v) is 4.13. The van der Waals surface area contributed by atoms with Gasteiger partial charge in [0.15, 0.2) is 0 Å². The summed E-state index contributed by atoms with van der Waals surface area (Å²) in [6.07, 6.45) is 3.69. The van der Waals surface area contributed by atoms with Crippen LogP contribution in [0.1, 0.15) is 19.3 Å². The molecule has 0 bridgehead atoms. The van der Waals surface area contributed by atoms with E-state index in [1.54, 1.807) is 0 Å². The summed E-state index contributed by atoms with van der Waals surface area (Å²) in [6.45, 7) is 1.60. The summed E-state index contributed by atoms with van der Waals surface area (Å²) in [6, 6.07) is 0. The van der Waals surface area contributed by atoms with Crippen molar-refractivity contribution < 1.29 is 0 Å². The fourth-order valence-corrected chi connectivity index (χ4v) is 1.72. The fourth-order valence-electron chi connectivity index (χ4n) is 1.72. The molecule has 1 saturated carbocycles. The predicted octanol–water partition coefficient (Wildman–Crippen LogP) is 0.687. The Kier molecular flexibility index (Phi) is 3.29. The molecule has 1 rings (SSSR count). The lowest BCUT2D eigenvalue weighted by Gasteiger charge is -2.04. The zero-order valence-electron chi connectivity index (χ0n) is 6.74. The van der Waals surface area contributed by atoms with Gasteiger partial charge in [0.05, 0.1) is 6.54 Å². The van der Waals surface area contributed by atoms with Crippen molar-refractivity contribution in [2.24, 2.45) is 33.7 Å². The van der Waals surface area contributed by atoms with E-state index in [9.17, 15) is 0 Å². The Balaban J connectivity index is 2.19. The van der Waals surface area contributed by atoms with Gasteiger partial charge in [0.1, 0.15) is 0 Å². The van der Waals surface area contributed by atoms with Gasteiger partial charge < -0.3 is 11.6 Å². The van der Waals surface area contributed by atoms with Gasteiger partial charge >= 0.3 is 0 Å².